The summed E-state index contributed by atoms with van der Waals surface area (Å²) in [6.45, 7) is 2.42. The fraction of sp³-hybridized carbons (Fsp3) is 0.385. The van der Waals surface area contributed by atoms with Crippen LogP contribution in [0.2, 0.25) is 0 Å². The molecule has 0 spiro atoms. The third-order valence-electron chi connectivity index (χ3n) is 2.39. The van der Waals surface area contributed by atoms with Gasteiger partial charge in [-0.2, -0.15) is 0 Å². The number of likely N-dealkylation sites (N-methyl/N-ethyl adjacent to an activating group) is 1. The van der Waals surface area contributed by atoms with Gasteiger partial charge in [0.1, 0.15) is 18.9 Å². The first kappa shape index (κ1) is 14.8. The number of para-hydroxylation sites is 1. The Morgan fingerprint density at radius 2 is 2.00 bits per heavy atom. The molecule has 1 rings (SSSR count). The van der Waals surface area contributed by atoms with Crippen LogP contribution in [-0.2, 0) is 4.79 Å². The standard InChI is InChI=1S/C13H18N2O4/c1-2-15(10-12(16)17)13(18)14-8-9-19-11-6-4-3-5-7-11/h3-7H,2,8-10H2,1H3,(H,14,18)(H,16,17). The zero-order valence-corrected chi connectivity index (χ0v) is 10.8. The molecule has 0 saturated carbocycles. The Balaban J connectivity index is 2.24. The van der Waals surface area contributed by atoms with Gasteiger partial charge in [0, 0.05) is 6.54 Å². The normalized spacial score (nSPS) is 9.74. The third-order valence-corrected chi connectivity index (χ3v) is 2.39. The quantitative estimate of drug-likeness (QED) is 0.726. The average Bonchev–Trinajstić information content (AvgIpc) is 2.41. The Kier molecular flexibility index (Phi) is 6.21. The summed E-state index contributed by atoms with van der Waals surface area (Å²) in [5.41, 5.74) is 0. The number of carboxylic acids is 1. The van der Waals surface area contributed by atoms with Crippen molar-refractivity contribution in [3.63, 3.8) is 0 Å². The molecule has 1 aromatic carbocycles. The highest BCUT2D eigenvalue weighted by atomic mass is 16.5. The molecule has 1 aromatic rings. The van der Waals surface area contributed by atoms with Gasteiger partial charge in [0.15, 0.2) is 0 Å². The van der Waals surface area contributed by atoms with Gasteiger partial charge in [-0.3, -0.25) is 4.79 Å². The molecule has 0 atom stereocenters. The van der Waals surface area contributed by atoms with Crippen LogP contribution in [0.4, 0.5) is 4.79 Å². The minimum atomic E-state index is -1.03. The van der Waals surface area contributed by atoms with Crippen LogP contribution >= 0.6 is 0 Å². The topological polar surface area (TPSA) is 78.9 Å². The Morgan fingerprint density at radius 3 is 2.58 bits per heavy atom. The van der Waals surface area contributed by atoms with Gasteiger partial charge < -0.3 is 20.1 Å². The first-order chi connectivity index (χ1) is 9.13. The molecule has 0 heterocycles. The number of carbonyl (C=O) groups excluding carboxylic acids is 1. The van der Waals surface area contributed by atoms with Crippen molar-refractivity contribution in [3.8, 4) is 5.75 Å². The molecule has 0 aliphatic heterocycles. The average molecular weight is 266 g/mol. The van der Waals surface area contributed by atoms with Crippen LogP contribution in [0, 0.1) is 0 Å². The predicted octanol–water partition coefficient (Wildman–Crippen LogP) is 1.18. The van der Waals surface area contributed by atoms with E-state index < -0.39 is 12.0 Å². The molecule has 2 amide bonds. The van der Waals surface area contributed by atoms with E-state index in [2.05, 4.69) is 5.32 Å². The second-order valence-electron chi connectivity index (χ2n) is 3.80. The van der Waals surface area contributed by atoms with Gasteiger partial charge in [0.05, 0.1) is 6.54 Å². The number of rotatable bonds is 7. The summed E-state index contributed by atoms with van der Waals surface area (Å²) in [6, 6.07) is 8.86. The van der Waals surface area contributed by atoms with Crippen molar-refractivity contribution in [2.24, 2.45) is 0 Å². The van der Waals surface area contributed by atoms with E-state index in [1.54, 1.807) is 6.92 Å². The summed E-state index contributed by atoms with van der Waals surface area (Å²) in [6.07, 6.45) is 0. The van der Waals surface area contributed by atoms with Crippen LogP contribution in [0.25, 0.3) is 0 Å². The summed E-state index contributed by atoms with van der Waals surface area (Å²) in [5, 5.41) is 11.2. The lowest BCUT2D eigenvalue weighted by molar-refractivity contribution is -0.137. The van der Waals surface area contributed by atoms with E-state index in [-0.39, 0.29) is 6.54 Å². The van der Waals surface area contributed by atoms with Crippen molar-refractivity contribution in [1.29, 1.82) is 0 Å². The minimum absolute atomic E-state index is 0.304. The number of amides is 2. The van der Waals surface area contributed by atoms with Crippen LogP contribution in [0.1, 0.15) is 6.92 Å². The first-order valence-corrected chi connectivity index (χ1v) is 6.06. The van der Waals surface area contributed by atoms with Crippen molar-refractivity contribution in [2.75, 3.05) is 26.2 Å². The maximum atomic E-state index is 11.6. The SMILES string of the molecule is CCN(CC(=O)O)C(=O)NCCOc1ccccc1. The van der Waals surface area contributed by atoms with E-state index >= 15 is 0 Å². The number of nitrogens with zero attached hydrogens (tertiary/aromatic N) is 1. The van der Waals surface area contributed by atoms with Crippen LogP contribution in [0.15, 0.2) is 30.3 Å². The Labute approximate surface area is 112 Å². The van der Waals surface area contributed by atoms with Crippen LogP contribution < -0.4 is 10.1 Å². The zero-order chi connectivity index (χ0) is 14.1. The monoisotopic (exact) mass is 266 g/mol. The molecule has 2 N–H and O–H groups in total. The van der Waals surface area contributed by atoms with E-state index in [0.717, 1.165) is 5.75 Å². The first-order valence-electron chi connectivity index (χ1n) is 6.06. The molecule has 6 heteroatoms. The summed E-state index contributed by atoms with van der Waals surface area (Å²) in [7, 11) is 0. The van der Waals surface area contributed by atoms with E-state index in [0.29, 0.717) is 19.7 Å². The van der Waals surface area contributed by atoms with E-state index in [4.69, 9.17) is 9.84 Å². The molecule has 0 aliphatic rings. The van der Waals surface area contributed by atoms with Crippen LogP contribution in [-0.4, -0.2) is 48.2 Å². The Bertz CT molecular complexity index is 408. The number of carboxylic acid groups (broad SMARTS) is 1. The highest BCUT2D eigenvalue weighted by molar-refractivity contribution is 5.79. The number of benzene rings is 1. The molecule has 0 unspecified atom stereocenters. The van der Waals surface area contributed by atoms with Crippen LogP contribution in [0.3, 0.4) is 0 Å². The summed E-state index contributed by atoms with van der Waals surface area (Å²) in [4.78, 5) is 23.4. The minimum Gasteiger partial charge on any atom is -0.492 e. The van der Waals surface area contributed by atoms with Crippen molar-refractivity contribution in [1.82, 2.24) is 10.2 Å². The van der Waals surface area contributed by atoms with Gasteiger partial charge in [-0.25, -0.2) is 4.79 Å². The summed E-state index contributed by atoms with van der Waals surface area (Å²) >= 11 is 0. The van der Waals surface area contributed by atoms with Crippen molar-refractivity contribution < 1.29 is 19.4 Å². The van der Waals surface area contributed by atoms with Gasteiger partial charge in [-0.1, -0.05) is 18.2 Å². The highest BCUT2D eigenvalue weighted by Gasteiger charge is 2.13. The van der Waals surface area contributed by atoms with Crippen molar-refractivity contribution in [3.05, 3.63) is 30.3 Å². The number of ether oxygens (including phenoxy) is 1. The van der Waals surface area contributed by atoms with Gasteiger partial charge in [0.2, 0.25) is 0 Å². The highest BCUT2D eigenvalue weighted by Crippen LogP contribution is 2.07. The smallest absolute Gasteiger partial charge is 0.323 e. The number of carbonyl (C=O) groups is 2. The molecule has 104 valence electrons. The lowest BCUT2D eigenvalue weighted by atomic mass is 10.3. The van der Waals surface area contributed by atoms with E-state index in [1.807, 2.05) is 30.3 Å². The second kappa shape index (κ2) is 7.97. The number of hydrogen-bond acceptors (Lipinski definition) is 3. The maximum Gasteiger partial charge on any atom is 0.323 e. The molecule has 0 fully saturated rings. The second-order valence-corrected chi connectivity index (χ2v) is 3.80. The van der Waals surface area contributed by atoms with Gasteiger partial charge in [-0.15, -0.1) is 0 Å². The summed E-state index contributed by atoms with van der Waals surface area (Å²) < 4.78 is 5.40. The van der Waals surface area contributed by atoms with E-state index in [9.17, 15) is 9.59 Å². The molecule has 0 bridgehead atoms. The molecular weight excluding hydrogens is 248 g/mol. The lowest BCUT2D eigenvalue weighted by Gasteiger charge is -2.19. The molecular formula is C13H18N2O4. The van der Waals surface area contributed by atoms with Crippen molar-refractivity contribution >= 4 is 12.0 Å². The third kappa shape index (κ3) is 5.76. The van der Waals surface area contributed by atoms with Crippen molar-refractivity contribution in [2.45, 2.75) is 6.92 Å². The number of aliphatic carboxylic acids is 1. The fourth-order valence-electron chi connectivity index (χ4n) is 1.45. The fourth-order valence-corrected chi connectivity index (χ4v) is 1.45. The molecule has 0 aliphatic carbocycles. The molecule has 6 nitrogen and oxygen atoms in total. The zero-order valence-electron chi connectivity index (χ0n) is 10.8. The largest absolute Gasteiger partial charge is 0.492 e. The van der Waals surface area contributed by atoms with Gasteiger partial charge in [-0.05, 0) is 19.1 Å². The van der Waals surface area contributed by atoms with Gasteiger partial charge in [0.25, 0.3) is 0 Å². The summed E-state index contributed by atoms with van der Waals surface area (Å²) in [5.74, 6) is -0.299. The lowest BCUT2D eigenvalue weighted by Crippen LogP contribution is -2.43. The number of nitrogens with one attached hydrogen (secondary N) is 1. The Hall–Kier alpha value is -2.24. The molecule has 0 aromatic heterocycles. The van der Waals surface area contributed by atoms with Gasteiger partial charge >= 0.3 is 12.0 Å². The molecule has 19 heavy (non-hydrogen) atoms. The van der Waals surface area contributed by atoms with E-state index in [1.165, 1.54) is 4.90 Å². The Morgan fingerprint density at radius 1 is 1.32 bits per heavy atom. The number of urea groups is 1. The van der Waals surface area contributed by atoms with Crippen LogP contribution in [0.5, 0.6) is 5.75 Å². The molecule has 0 saturated heterocycles. The maximum absolute atomic E-state index is 11.6. The molecule has 0 radical (unpaired) electrons. The number of hydrogen-bond donors (Lipinski definition) is 2. The predicted molar refractivity (Wildman–Crippen MR) is 70.2 cm³/mol.